The van der Waals surface area contributed by atoms with Crippen LogP contribution in [0.2, 0.25) is 10.0 Å². The Balaban J connectivity index is 2.26. The van der Waals surface area contributed by atoms with Crippen molar-refractivity contribution in [1.82, 2.24) is 9.97 Å². The monoisotopic (exact) mass is 327 g/mol. The molecule has 1 aromatic carbocycles. The fourth-order valence-corrected chi connectivity index (χ4v) is 2.21. The van der Waals surface area contributed by atoms with Crippen LogP contribution >= 0.6 is 23.2 Å². The second kappa shape index (κ2) is 7.05. The predicted molar refractivity (Wildman–Crippen MR) is 84.8 cm³/mol. The Morgan fingerprint density at radius 3 is 2.62 bits per heavy atom. The van der Waals surface area contributed by atoms with Gasteiger partial charge < -0.3 is 5.32 Å². The van der Waals surface area contributed by atoms with Crippen molar-refractivity contribution < 1.29 is 4.39 Å². The molecule has 2 rings (SSSR count). The molecule has 0 bridgehead atoms. The van der Waals surface area contributed by atoms with Crippen LogP contribution in [0.3, 0.4) is 0 Å². The molecule has 0 atom stereocenters. The minimum absolute atomic E-state index is 0.249. The van der Waals surface area contributed by atoms with Crippen molar-refractivity contribution in [3.8, 4) is 0 Å². The van der Waals surface area contributed by atoms with Crippen molar-refractivity contribution in [3.05, 3.63) is 51.1 Å². The zero-order valence-electron chi connectivity index (χ0n) is 11.9. The lowest BCUT2D eigenvalue weighted by Gasteiger charge is -2.10. The second-order valence-electron chi connectivity index (χ2n) is 4.74. The Hall–Kier alpha value is -1.39. The zero-order chi connectivity index (χ0) is 15.4. The van der Waals surface area contributed by atoms with Crippen molar-refractivity contribution >= 4 is 29.0 Å². The van der Waals surface area contributed by atoms with E-state index in [-0.39, 0.29) is 5.82 Å². The highest BCUT2D eigenvalue weighted by atomic mass is 35.5. The summed E-state index contributed by atoms with van der Waals surface area (Å²) in [6.45, 7) is 4.31. The average molecular weight is 328 g/mol. The first kappa shape index (κ1) is 16.0. The molecule has 0 radical (unpaired) electrons. The first-order valence-electron chi connectivity index (χ1n) is 6.72. The smallest absolute Gasteiger partial charge is 0.186 e. The van der Waals surface area contributed by atoms with E-state index < -0.39 is 5.82 Å². The van der Waals surface area contributed by atoms with Gasteiger partial charge in [-0.05, 0) is 31.0 Å². The number of halogens is 3. The number of aromatic nitrogens is 2. The molecule has 112 valence electrons. The van der Waals surface area contributed by atoms with Gasteiger partial charge in [0.25, 0.3) is 0 Å². The van der Waals surface area contributed by atoms with Gasteiger partial charge in [-0.2, -0.15) is 0 Å². The molecule has 1 aromatic heterocycles. The van der Waals surface area contributed by atoms with Gasteiger partial charge in [0.1, 0.15) is 5.82 Å². The van der Waals surface area contributed by atoms with Gasteiger partial charge in [-0.15, -0.1) is 0 Å². The lowest BCUT2D eigenvalue weighted by molar-refractivity contribution is 0.600. The summed E-state index contributed by atoms with van der Waals surface area (Å²) in [6.07, 6.45) is 1.36. The van der Waals surface area contributed by atoms with E-state index in [1.807, 2.05) is 13.0 Å². The summed E-state index contributed by atoms with van der Waals surface area (Å²) in [5.41, 5.74) is 1.26. The van der Waals surface area contributed by atoms with Crippen LogP contribution in [0.15, 0.2) is 18.2 Å². The number of nitrogens with zero attached hydrogens (tertiary/aromatic N) is 2. The quantitative estimate of drug-likeness (QED) is 0.868. The van der Waals surface area contributed by atoms with Crippen molar-refractivity contribution in [1.29, 1.82) is 0 Å². The van der Waals surface area contributed by atoms with Crippen LogP contribution in [0.1, 0.15) is 30.4 Å². The van der Waals surface area contributed by atoms with Crippen LogP contribution in [0.5, 0.6) is 0 Å². The summed E-state index contributed by atoms with van der Waals surface area (Å²) in [5.74, 6) is 0.395. The van der Waals surface area contributed by atoms with Gasteiger partial charge in [0, 0.05) is 13.0 Å². The third-order valence-electron chi connectivity index (χ3n) is 2.95. The zero-order valence-corrected chi connectivity index (χ0v) is 13.4. The molecule has 21 heavy (non-hydrogen) atoms. The predicted octanol–water partition coefficient (Wildman–Crippen LogP) is 4.64. The molecule has 3 nitrogen and oxygen atoms in total. The van der Waals surface area contributed by atoms with Crippen molar-refractivity contribution in [2.45, 2.75) is 26.7 Å². The van der Waals surface area contributed by atoms with Crippen molar-refractivity contribution in [3.63, 3.8) is 0 Å². The van der Waals surface area contributed by atoms with E-state index in [9.17, 15) is 4.39 Å². The van der Waals surface area contributed by atoms with Gasteiger partial charge in [-0.25, -0.2) is 14.4 Å². The third-order valence-corrected chi connectivity index (χ3v) is 3.69. The maximum atomic E-state index is 13.9. The SMILES string of the molecule is CCCNc1nc(Cc2ccc(Cl)c(Cl)c2)nc(C)c1F. The van der Waals surface area contributed by atoms with E-state index in [4.69, 9.17) is 23.2 Å². The van der Waals surface area contributed by atoms with Crippen molar-refractivity contribution in [2.75, 3.05) is 11.9 Å². The van der Waals surface area contributed by atoms with Crippen LogP contribution in [-0.2, 0) is 6.42 Å². The minimum Gasteiger partial charge on any atom is -0.368 e. The van der Waals surface area contributed by atoms with E-state index in [2.05, 4.69) is 15.3 Å². The molecular formula is C15H16Cl2FN3. The summed E-state index contributed by atoms with van der Waals surface area (Å²) < 4.78 is 13.9. The number of benzene rings is 1. The molecule has 0 saturated carbocycles. The standard InChI is InChI=1S/C15H16Cl2FN3/c1-3-6-19-15-14(18)9(2)20-13(21-15)8-10-4-5-11(16)12(17)7-10/h4-5,7H,3,6,8H2,1-2H3,(H,19,20,21). The maximum absolute atomic E-state index is 13.9. The number of hydrogen-bond acceptors (Lipinski definition) is 3. The summed E-state index contributed by atoms with van der Waals surface area (Å²) in [4.78, 5) is 8.43. The van der Waals surface area contributed by atoms with E-state index >= 15 is 0 Å². The van der Waals surface area contributed by atoms with E-state index in [1.54, 1.807) is 19.1 Å². The molecular weight excluding hydrogens is 312 g/mol. The van der Waals surface area contributed by atoms with Crippen LogP contribution < -0.4 is 5.32 Å². The van der Waals surface area contributed by atoms with Gasteiger partial charge in [0.05, 0.1) is 15.7 Å². The van der Waals surface area contributed by atoms with Crippen molar-refractivity contribution in [2.24, 2.45) is 0 Å². The van der Waals surface area contributed by atoms with E-state index in [0.717, 1.165) is 12.0 Å². The highest BCUT2D eigenvalue weighted by molar-refractivity contribution is 6.42. The molecule has 2 aromatic rings. The van der Waals surface area contributed by atoms with Crippen LogP contribution in [-0.4, -0.2) is 16.5 Å². The van der Waals surface area contributed by atoms with E-state index in [0.29, 0.717) is 34.5 Å². The fourth-order valence-electron chi connectivity index (χ4n) is 1.89. The van der Waals surface area contributed by atoms with Crippen LogP contribution in [0, 0.1) is 12.7 Å². The lowest BCUT2D eigenvalue weighted by Crippen LogP contribution is -2.10. The minimum atomic E-state index is -0.402. The first-order chi connectivity index (χ1) is 10.0. The van der Waals surface area contributed by atoms with Crippen LogP contribution in [0.25, 0.3) is 0 Å². The molecule has 0 amide bonds. The maximum Gasteiger partial charge on any atom is 0.186 e. The summed E-state index contributed by atoms with van der Waals surface area (Å²) in [5, 5.41) is 3.96. The third kappa shape index (κ3) is 4.05. The molecule has 1 N–H and O–H groups in total. The number of anilines is 1. The molecule has 0 aliphatic carbocycles. The summed E-state index contributed by atoms with van der Waals surface area (Å²) >= 11 is 11.9. The van der Waals surface area contributed by atoms with Gasteiger partial charge in [0.2, 0.25) is 0 Å². The van der Waals surface area contributed by atoms with E-state index in [1.165, 1.54) is 0 Å². The average Bonchev–Trinajstić information content (AvgIpc) is 2.45. The van der Waals surface area contributed by atoms with Crippen LogP contribution in [0.4, 0.5) is 10.2 Å². The van der Waals surface area contributed by atoms with Gasteiger partial charge in [-0.3, -0.25) is 0 Å². The number of rotatable bonds is 5. The Kier molecular flexibility index (Phi) is 5.37. The second-order valence-corrected chi connectivity index (χ2v) is 5.55. The van der Waals surface area contributed by atoms with Gasteiger partial charge >= 0.3 is 0 Å². The number of nitrogens with one attached hydrogen (secondary N) is 1. The normalized spacial score (nSPS) is 10.7. The summed E-state index contributed by atoms with van der Waals surface area (Å²) in [7, 11) is 0. The summed E-state index contributed by atoms with van der Waals surface area (Å²) in [6, 6.07) is 5.35. The highest BCUT2D eigenvalue weighted by Crippen LogP contribution is 2.24. The molecule has 0 unspecified atom stereocenters. The molecule has 0 spiro atoms. The Bertz CT molecular complexity index is 647. The van der Waals surface area contributed by atoms with Gasteiger partial charge in [0.15, 0.2) is 11.6 Å². The lowest BCUT2D eigenvalue weighted by atomic mass is 10.1. The molecule has 6 heteroatoms. The number of hydrogen-bond donors (Lipinski definition) is 1. The largest absolute Gasteiger partial charge is 0.368 e. The molecule has 0 aliphatic rings. The molecule has 0 fully saturated rings. The van der Waals surface area contributed by atoms with Gasteiger partial charge in [-0.1, -0.05) is 36.2 Å². The Labute approximate surface area is 133 Å². The topological polar surface area (TPSA) is 37.8 Å². The highest BCUT2D eigenvalue weighted by Gasteiger charge is 2.12. The number of aryl methyl sites for hydroxylation is 1. The first-order valence-corrected chi connectivity index (χ1v) is 7.47. The molecule has 1 heterocycles. The molecule has 0 saturated heterocycles. The molecule has 0 aliphatic heterocycles. The fraction of sp³-hybridized carbons (Fsp3) is 0.333. The Morgan fingerprint density at radius 1 is 1.19 bits per heavy atom. The Morgan fingerprint density at radius 2 is 1.95 bits per heavy atom.